The van der Waals surface area contributed by atoms with E-state index in [4.69, 9.17) is 23.1 Å². The first-order valence-corrected chi connectivity index (χ1v) is 9.04. The molecule has 1 heterocycles. The molecule has 0 saturated carbocycles. The molecule has 6 nitrogen and oxygen atoms in total. The van der Waals surface area contributed by atoms with E-state index in [9.17, 15) is 8.42 Å². The van der Waals surface area contributed by atoms with Crippen molar-refractivity contribution in [3.8, 4) is 0 Å². The van der Waals surface area contributed by atoms with Crippen LogP contribution in [0.1, 0.15) is 30.0 Å². The van der Waals surface area contributed by atoms with Crippen molar-refractivity contribution in [3.63, 3.8) is 0 Å². The molecule has 1 aromatic carbocycles. The van der Waals surface area contributed by atoms with Gasteiger partial charge in [0.05, 0.1) is 5.02 Å². The quantitative estimate of drug-likeness (QED) is 0.733. The van der Waals surface area contributed by atoms with Crippen LogP contribution in [0.5, 0.6) is 0 Å². The van der Waals surface area contributed by atoms with Gasteiger partial charge >= 0.3 is 0 Å². The minimum absolute atomic E-state index is 0.0739. The molecule has 0 aliphatic heterocycles. The number of sulfonamides is 1. The van der Waals surface area contributed by atoms with Crippen LogP contribution in [-0.2, 0) is 16.4 Å². The minimum Gasteiger partial charge on any atom is -0.399 e. The molecule has 1 aromatic heterocycles. The summed E-state index contributed by atoms with van der Waals surface area (Å²) in [6, 6.07) is 6.53. The number of nitrogens with one attached hydrogen (secondary N) is 1. The second-order valence-corrected chi connectivity index (χ2v) is 7.68. The predicted molar refractivity (Wildman–Crippen MR) is 90.5 cm³/mol. The van der Waals surface area contributed by atoms with Crippen LogP contribution in [0.4, 0.5) is 11.5 Å². The van der Waals surface area contributed by atoms with Crippen LogP contribution in [-0.4, -0.2) is 13.4 Å². The number of aryl methyl sites for hydroxylation is 1. The van der Waals surface area contributed by atoms with Gasteiger partial charge in [-0.3, -0.25) is 0 Å². The second kappa shape index (κ2) is 5.99. The van der Waals surface area contributed by atoms with Gasteiger partial charge < -0.3 is 11.5 Å². The lowest BCUT2D eigenvalue weighted by molar-refractivity contribution is 0.507. The molecule has 5 N–H and O–H groups in total. The van der Waals surface area contributed by atoms with Gasteiger partial charge in [-0.2, -0.15) is 0 Å². The summed E-state index contributed by atoms with van der Waals surface area (Å²) in [5, 5.41) is 0.219. The number of rotatable bonds is 3. The van der Waals surface area contributed by atoms with Gasteiger partial charge in [0.1, 0.15) is 10.7 Å². The summed E-state index contributed by atoms with van der Waals surface area (Å²) >= 11 is 5.84. The van der Waals surface area contributed by atoms with Gasteiger partial charge in [0, 0.05) is 17.9 Å². The number of nitrogen functional groups attached to an aromatic ring is 2. The normalized spacial score (nSPS) is 17.7. The van der Waals surface area contributed by atoms with Crippen LogP contribution in [0.2, 0.25) is 5.02 Å². The molecule has 0 radical (unpaired) electrons. The first-order chi connectivity index (χ1) is 10.9. The van der Waals surface area contributed by atoms with E-state index >= 15 is 0 Å². The van der Waals surface area contributed by atoms with Crippen molar-refractivity contribution in [2.45, 2.75) is 30.2 Å². The summed E-state index contributed by atoms with van der Waals surface area (Å²) in [6.07, 6.45) is 3.80. The van der Waals surface area contributed by atoms with E-state index in [1.807, 2.05) is 12.1 Å². The summed E-state index contributed by atoms with van der Waals surface area (Å²) in [5.41, 5.74) is 14.2. The van der Waals surface area contributed by atoms with Crippen LogP contribution in [0, 0.1) is 0 Å². The molecule has 0 spiro atoms. The Morgan fingerprint density at radius 1 is 1.26 bits per heavy atom. The van der Waals surface area contributed by atoms with E-state index in [1.165, 1.54) is 12.3 Å². The number of halogens is 1. The third-order valence-electron chi connectivity index (χ3n) is 3.92. The van der Waals surface area contributed by atoms with E-state index in [2.05, 4.69) is 9.71 Å². The molecule has 0 saturated heterocycles. The standard InChI is InChI=1S/C15H17ClN4O2S/c16-10-7-14(15(18)19-8-10)23(21,22)20-13-3-1-2-9-6-11(17)4-5-12(9)13/h4-8,13,20H,1-3,17H2,(H2,18,19). The largest absolute Gasteiger partial charge is 0.399 e. The van der Waals surface area contributed by atoms with Gasteiger partial charge in [-0.15, -0.1) is 0 Å². The van der Waals surface area contributed by atoms with Crippen LogP contribution < -0.4 is 16.2 Å². The number of anilines is 2. The number of hydrogen-bond acceptors (Lipinski definition) is 5. The third-order valence-corrected chi connectivity index (χ3v) is 5.62. The third kappa shape index (κ3) is 3.26. The Labute approximate surface area is 139 Å². The number of hydrogen-bond donors (Lipinski definition) is 3. The average molecular weight is 353 g/mol. The van der Waals surface area contributed by atoms with Gasteiger partial charge in [-0.25, -0.2) is 18.1 Å². The zero-order valence-electron chi connectivity index (χ0n) is 12.3. The zero-order valence-corrected chi connectivity index (χ0v) is 13.9. The minimum atomic E-state index is -3.82. The first kappa shape index (κ1) is 16.0. The van der Waals surface area contributed by atoms with Gasteiger partial charge in [-0.05, 0) is 48.6 Å². The van der Waals surface area contributed by atoms with Gasteiger partial charge in [0.2, 0.25) is 10.0 Å². The predicted octanol–water partition coefficient (Wildman–Crippen LogP) is 2.26. The Kier molecular flexibility index (Phi) is 4.18. The molecule has 1 aliphatic carbocycles. The van der Waals surface area contributed by atoms with E-state index in [0.29, 0.717) is 12.1 Å². The summed E-state index contributed by atoms with van der Waals surface area (Å²) in [6.45, 7) is 0. The maximum absolute atomic E-state index is 12.6. The molecule has 1 unspecified atom stereocenters. The molecule has 3 rings (SSSR count). The molecule has 0 amide bonds. The van der Waals surface area contributed by atoms with Crippen molar-refractivity contribution < 1.29 is 8.42 Å². The van der Waals surface area contributed by atoms with Crippen molar-refractivity contribution in [1.82, 2.24) is 9.71 Å². The summed E-state index contributed by atoms with van der Waals surface area (Å²) in [5.74, 6) is -0.0739. The van der Waals surface area contributed by atoms with Crippen molar-refractivity contribution >= 4 is 33.1 Å². The molecule has 1 atom stereocenters. The molecule has 0 bridgehead atoms. The van der Waals surface area contributed by atoms with E-state index in [0.717, 1.165) is 24.0 Å². The molecule has 8 heteroatoms. The highest BCUT2D eigenvalue weighted by molar-refractivity contribution is 7.89. The zero-order chi connectivity index (χ0) is 16.6. The van der Waals surface area contributed by atoms with Gasteiger partial charge in [0.15, 0.2) is 0 Å². The molecule has 122 valence electrons. The van der Waals surface area contributed by atoms with Gasteiger partial charge in [-0.1, -0.05) is 17.7 Å². The van der Waals surface area contributed by atoms with Crippen LogP contribution in [0.25, 0.3) is 0 Å². The number of nitrogens with zero attached hydrogens (tertiary/aromatic N) is 1. The van der Waals surface area contributed by atoms with Gasteiger partial charge in [0.25, 0.3) is 0 Å². The Morgan fingerprint density at radius 3 is 2.83 bits per heavy atom. The Balaban J connectivity index is 1.95. The second-order valence-electron chi connectivity index (χ2n) is 5.56. The number of benzene rings is 1. The van der Waals surface area contributed by atoms with Crippen LogP contribution >= 0.6 is 11.6 Å². The van der Waals surface area contributed by atoms with Crippen molar-refractivity contribution in [2.75, 3.05) is 11.5 Å². The topological polar surface area (TPSA) is 111 Å². The Morgan fingerprint density at radius 2 is 2.04 bits per heavy atom. The summed E-state index contributed by atoms with van der Waals surface area (Å²) in [4.78, 5) is 3.70. The average Bonchev–Trinajstić information content (AvgIpc) is 2.49. The smallest absolute Gasteiger partial charge is 0.244 e. The van der Waals surface area contributed by atoms with E-state index in [1.54, 1.807) is 6.07 Å². The van der Waals surface area contributed by atoms with Crippen molar-refractivity contribution in [2.24, 2.45) is 0 Å². The summed E-state index contributed by atoms with van der Waals surface area (Å²) < 4.78 is 28.0. The molecule has 23 heavy (non-hydrogen) atoms. The van der Waals surface area contributed by atoms with Crippen molar-refractivity contribution in [3.05, 3.63) is 46.6 Å². The lowest BCUT2D eigenvalue weighted by Crippen LogP contribution is -2.31. The molecular weight excluding hydrogens is 336 g/mol. The highest BCUT2D eigenvalue weighted by Crippen LogP contribution is 2.32. The fourth-order valence-electron chi connectivity index (χ4n) is 2.85. The maximum Gasteiger partial charge on any atom is 0.244 e. The Bertz CT molecular complexity index is 855. The molecule has 1 aliphatic rings. The number of aromatic nitrogens is 1. The fourth-order valence-corrected chi connectivity index (χ4v) is 4.43. The van der Waals surface area contributed by atoms with Crippen LogP contribution in [0.3, 0.4) is 0 Å². The highest BCUT2D eigenvalue weighted by atomic mass is 35.5. The lowest BCUT2D eigenvalue weighted by atomic mass is 9.88. The fraction of sp³-hybridized carbons (Fsp3) is 0.267. The first-order valence-electron chi connectivity index (χ1n) is 7.18. The molecular formula is C15H17ClN4O2S. The van der Waals surface area contributed by atoms with E-state index in [-0.39, 0.29) is 21.8 Å². The summed E-state index contributed by atoms with van der Waals surface area (Å²) in [7, 11) is -3.82. The molecule has 2 aromatic rings. The monoisotopic (exact) mass is 352 g/mol. The molecule has 0 fully saturated rings. The maximum atomic E-state index is 12.6. The number of pyridine rings is 1. The Hall–Kier alpha value is -1.83. The number of nitrogens with two attached hydrogens (primary N) is 2. The van der Waals surface area contributed by atoms with Crippen molar-refractivity contribution in [1.29, 1.82) is 0 Å². The van der Waals surface area contributed by atoms with Crippen LogP contribution in [0.15, 0.2) is 35.4 Å². The van der Waals surface area contributed by atoms with E-state index < -0.39 is 10.0 Å². The lowest BCUT2D eigenvalue weighted by Gasteiger charge is -2.26. The highest BCUT2D eigenvalue weighted by Gasteiger charge is 2.27. The number of fused-ring (bicyclic) bond motifs is 1. The SMILES string of the molecule is Nc1ccc2c(c1)CCCC2NS(=O)(=O)c1cc(Cl)cnc1N.